The van der Waals surface area contributed by atoms with E-state index in [0.29, 0.717) is 13.2 Å². The van der Waals surface area contributed by atoms with Gasteiger partial charge in [-0.15, -0.1) is 0 Å². The Balaban J connectivity index is 2.41. The van der Waals surface area contributed by atoms with Gasteiger partial charge in [0.15, 0.2) is 0 Å². The molecule has 1 aromatic rings. The lowest BCUT2D eigenvalue weighted by atomic mass is 10.2. The van der Waals surface area contributed by atoms with Crippen molar-refractivity contribution in [3.05, 3.63) is 24.3 Å². The third-order valence-corrected chi connectivity index (χ3v) is 2.40. The van der Waals surface area contributed by atoms with Crippen LogP contribution in [-0.4, -0.2) is 26.3 Å². The van der Waals surface area contributed by atoms with Gasteiger partial charge in [0.2, 0.25) is 0 Å². The molecule has 0 aliphatic heterocycles. The summed E-state index contributed by atoms with van der Waals surface area (Å²) in [6.07, 6.45) is 0.981. The zero-order valence-corrected chi connectivity index (χ0v) is 11.1. The van der Waals surface area contributed by atoms with Crippen LogP contribution < -0.4 is 9.47 Å². The summed E-state index contributed by atoms with van der Waals surface area (Å²) >= 11 is 0. The number of esters is 1. The first-order valence-corrected chi connectivity index (χ1v) is 6.10. The highest BCUT2D eigenvalue weighted by molar-refractivity contribution is 5.71. The summed E-state index contributed by atoms with van der Waals surface area (Å²) in [5, 5.41) is 0. The highest BCUT2D eigenvalue weighted by Gasteiger charge is 2.13. The van der Waals surface area contributed by atoms with E-state index in [1.807, 2.05) is 24.3 Å². The van der Waals surface area contributed by atoms with Gasteiger partial charge in [0.05, 0.1) is 19.6 Å². The number of ether oxygens (including phenoxy) is 3. The molecule has 0 bridgehead atoms. The molecule has 0 aromatic heterocycles. The molecule has 0 radical (unpaired) electrons. The van der Waals surface area contributed by atoms with Gasteiger partial charge in [-0.2, -0.15) is 0 Å². The van der Waals surface area contributed by atoms with Gasteiger partial charge in [-0.25, -0.2) is 0 Å². The maximum Gasteiger partial charge on any atom is 0.311 e. The second-order valence-electron chi connectivity index (χ2n) is 4.06. The van der Waals surface area contributed by atoms with Gasteiger partial charge < -0.3 is 14.2 Å². The standard InChI is InChI=1S/C14H20O4/c1-4-9-17-12-5-7-13(8-6-12)18-10-11(2)14(15)16-3/h5-8,11H,4,9-10H2,1-3H3. The maximum absolute atomic E-state index is 11.2. The monoisotopic (exact) mass is 252 g/mol. The average molecular weight is 252 g/mol. The van der Waals surface area contributed by atoms with Gasteiger partial charge in [0, 0.05) is 0 Å². The van der Waals surface area contributed by atoms with Crippen molar-refractivity contribution in [1.82, 2.24) is 0 Å². The van der Waals surface area contributed by atoms with Crippen LogP contribution in [0.2, 0.25) is 0 Å². The van der Waals surface area contributed by atoms with Crippen molar-refractivity contribution < 1.29 is 19.0 Å². The minimum absolute atomic E-state index is 0.266. The molecule has 0 amide bonds. The van der Waals surface area contributed by atoms with Crippen LogP contribution >= 0.6 is 0 Å². The summed E-state index contributed by atoms with van der Waals surface area (Å²) in [5.74, 6) is 1.00. The van der Waals surface area contributed by atoms with Crippen molar-refractivity contribution in [2.24, 2.45) is 5.92 Å². The quantitative estimate of drug-likeness (QED) is 0.700. The van der Waals surface area contributed by atoms with Crippen LogP contribution in [-0.2, 0) is 9.53 Å². The second-order valence-corrected chi connectivity index (χ2v) is 4.06. The molecule has 0 fully saturated rings. The number of hydrogen-bond donors (Lipinski definition) is 0. The molecule has 0 saturated heterocycles. The Morgan fingerprint density at radius 2 is 1.72 bits per heavy atom. The Bertz CT molecular complexity index is 359. The zero-order valence-electron chi connectivity index (χ0n) is 11.1. The van der Waals surface area contributed by atoms with E-state index in [-0.39, 0.29) is 11.9 Å². The minimum Gasteiger partial charge on any atom is -0.494 e. The van der Waals surface area contributed by atoms with Crippen LogP contribution in [0, 0.1) is 5.92 Å². The van der Waals surface area contributed by atoms with Crippen molar-refractivity contribution in [3.8, 4) is 11.5 Å². The molecular formula is C14H20O4. The summed E-state index contributed by atoms with van der Waals surface area (Å²) in [4.78, 5) is 11.2. The van der Waals surface area contributed by atoms with Crippen LogP contribution in [0.25, 0.3) is 0 Å². The molecule has 0 N–H and O–H groups in total. The Morgan fingerprint density at radius 1 is 1.17 bits per heavy atom. The highest BCUT2D eigenvalue weighted by Crippen LogP contribution is 2.18. The number of methoxy groups -OCH3 is 1. The molecule has 1 atom stereocenters. The molecule has 0 aliphatic carbocycles. The smallest absolute Gasteiger partial charge is 0.311 e. The topological polar surface area (TPSA) is 44.8 Å². The van der Waals surface area contributed by atoms with Crippen LogP contribution in [0.15, 0.2) is 24.3 Å². The Kier molecular flexibility index (Phi) is 6.05. The lowest BCUT2D eigenvalue weighted by Crippen LogP contribution is -2.19. The number of carbonyl (C=O) groups is 1. The van der Waals surface area contributed by atoms with Crippen LogP contribution in [0.4, 0.5) is 0 Å². The summed E-state index contributed by atoms with van der Waals surface area (Å²) in [6, 6.07) is 7.37. The molecule has 4 heteroatoms. The first-order valence-electron chi connectivity index (χ1n) is 6.10. The molecular weight excluding hydrogens is 232 g/mol. The highest BCUT2D eigenvalue weighted by atomic mass is 16.5. The third-order valence-electron chi connectivity index (χ3n) is 2.40. The predicted octanol–water partition coefficient (Wildman–Crippen LogP) is 2.66. The van der Waals surface area contributed by atoms with E-state index in [1.54, 1.807) is 6.92 Å². The minimum atomic E-state index is -0.272. The Labute approximate surface area is 108 Å². The fourth-order valence-corrected chi connectivity index (χ4v) is 1.34. The molecule has 1 rings (SSSR count). The predicted molar refractivity (Wildman–Crippen MR) is 68.9 cm³/mol. The molecule has 100 valence electrons. The molecule has 0 heterocycles. The van der Waals surface area contributed by atoms with E-state index in [4.69, 9.17) is 9.47 Å². The molecule has 1 unspecified atom stereocenters. The first-order chi connectivity index (χ1) is 8.67. The van der Waals surface area contributed by atoms with Gasteiger partial charge in [0.25, 0.3) is 0 Å². The lowest BCUT2D eigenvalue weighted by molar-refractivity contribution is -0.145. The maximum atomic E-state index is 11.2. The number of rotatable bonds is 7. The molecule has 4 nitrogen and oxygen atoms in total. The Hall–Kier alpha value is -1.71. The molecule has 1 aromatic carbocycles. The van der Waals surface area contributed by atoms with Gasteiger partial charge in [-0.3, -0.25) is 4.79 Å². The van der Waals surface area contributed by atoms with E-state index < -0.39 is 0 Å². The van der Waals surface area contributed by atoms with Gasteiger partial charge in [-0.1, -0.05) is 6.92 Å². The molecule has 18 heavy (non-hydrogen) atoms. The zero-order chi connectivity index (χ0) is 13.4. The van der Waals surface area contributed by atoms with Gasteiger partial charge >= 0.3 is 5.97 Å². The van der Waals surface area contributed by atoms with E-state index in [2.05, 4.69) is 11.7 Å². The van der Waals surface area contributed by atoms with Crippen molar-refractivity contribution >= 4 is 5.97 Å². The van der Waals surface area contributed by atoms with Crippen molar-refractivity contribution in [1.29, 1.82) is 0 Å². The van der Waals surface area contributed by atoms with Gasteiger partial charge in [-0.05, 0) is 37.6 Å². The average Bonchev–Trinajstić information content (AvgIpc) is 2.42. The lowest BCUT2D eigenvalue weighted by Gasteiger charge is -2.11. The van der Waals surface area contributed by atoms with Crippen LogP contribution in [0.5, 0.6) is 11.5 Å². The number of carbonyl (C=O) groups excluding carboxylic acids is 1. The van der Waals surface area contributed by atoms with Crippen LogP contribution in [0.3, 0.4) is 0 Å². The SMILES string of the molecule is CCCOc1ccc(OCC(C)C(=O)OC)cc1. The van der Waals surface area contributed by atoms with Crippen molar-refractivity contribution in [3.63, 3.8) is 0 Å². The summed E-state index contributed by atoms with van der Waals surface area (Å²) in [5.41, 5.74) is 0. The normalized spacial score (nSPS) is 11.7. The van der Waals surface area contributed by atoms with E-state index in [9.17, 15) is 4.79 Å². The van der Waals surface area contributed by atoms with Crippen molar-refractivity contribution in [2.45, 2.75) is 20.3 Å². The largest absolute Gasteiger partial charge is 0.494 e. The summed E-state index contributed by atoms with van der Waals surface area (Å²) in [6.45, 7) is 4.84. The van der Waals surface area contributed by atoms with E-state index in [0.717, 1.165) is 17.9 Å². The molecule has 0 saturated carbocycles. The number of hydrogen-bond acceptors (Lipinski definition) is 4. The Morgan fingerprint density at radius 3 is 2.22 bits per heavy atom. The fourth-order valence-electron chi connectivity index (χ4n) is 1.34. The first kappa shape index (κ1) is 14.4. The fraction of sp³-hybridized carbons (Fsp3) is 0.500. The second kappa shape index (κ2) is 7.58. The van der Waals surface area contributed by atoms with Crippen molar-refractivity contribution in [2.75, 3.05) is 20.3 Å². The van der Waals surface area contributed by atoms with E-state index >= 15 is 0 Å². The van der Waals surface area contributed by atoms with E-state index in [1.165, 1.54) is 7.11 Å². The van der Waals surface area contributed by atoms with Crippen LogP contribution in [0.1, 0.15) is 20.3 Å². The summed E-state index contributed by atoms with van der Waals surface area (Å²) < 4.78 is 15.6. The number of benzene rings is 1. The summed E-state index contributed by atoms with van der Waals surface area (Å²) in [7, 11) is 1.37. The molecule has 0 aliphatic rings. The third kappa shape index (κ3) is 4.65. The molecule has 0 spiro atoms. The van der Waals surface area contributed by atoms with Gasteiger partial charge in [0.1, 0.15) is 18.1 Å².